The Hall–Kier alpha value is -0.0300. The Kier molecular flexibility index (Phi) is 8.19. The first-order valence-corrected chi connectivity index (χ1v) is 6.37. The van der Waals surface area contributed by atoms with E-state index in [0.717, 1.165) is 45.6 Å². The number of piperazine rings is 1. The van der Waals surface area contributed by atoms with Crippen LogP contribution < -0.4 is 5.32 Å². The van der Waals surface area contributed by atoms with Gasteiger partial charge < -0.3 is 15.1 Å². The SMILES string of the molecule is CC1CN(C(=O)C2CCN(C)CC2)CCN1.Cl.Cl. The number of hydrogen-bond donors (Lipinski definition) is 1. The summed E-state index contributed by atoms with van der Waals surface area (Å²) in [5.74, 6) is 0.669. The highest BCUT2D eigenvalue weighted by Gasteiger charge is 2.29. The molecule has 0 aromatic carbocycles. The highest BCUT2D eigenvalue weighted by atomic mass is 35.5. The molecule has 6 heteroatoms. The summed E-state index contributed by atoms with van der Waals surface area (Å²) in [4.78, 5) is 16.6. The fourth-order valence-electron chi connectivity index (χ4n) is 2.65. The molecular weight excluding hydrogens is 273 g/mol. The molecule has 0 aromatic rings. The number of hydrogen-bond acceptors (Lipinski definition) is 3. The van der Waals surface area contributed by atoms with Crippen LogP contribution in [-0.2, 0) is 4.79 Å². The van der Waals surface area contributed by atoms with Gasteiger partial charge in [-0.05, 0) is 39.9 Å². The minimum Gasteiger partial charge on any atom is -0.340 e. The third-order valence-corrected chi connectivity index (χ3v) is 3.75. The van der Waals surface area contributed by atoms with Crippen molar-refractivity contribution >= 4 is 30.7 Å². The zero-order valence-electron chi connectivity index (χ0n) is 11.2. The first kappa shape index (κ1) is 18.0. The van der Waals surface area contributed by atoms with E-state index in [0.29, 0.717) is 11.9 Å². The molecule has 0 saturated carbocycles. The van der Waals surface area contributed by atoms with Gasteiger partial charge in [0.15, 0.2) is 0 Å². The molecule has 0 radical (unpaired) electrons. The second-order valence-electron chi connectivity index (χ2n) is 5.22. The van der Waals surface area contributed by atoms with Crippen LogP contribution in [0.2, 0.25) is 0 Å². The van der Waals surface area contributed by atoms with Crippen molar-refractivity contribution in [1.29, 1.82) is 0 Å². The number of nitrogens with zero attached hydrogens (tertiary/aromatic N) is 2. The van der Waals surface area contributed by atoms with E-state index >= 15 is 0 Å². The first-order chi connectivity index (χ1) is 7.66. The number of nitrogens with one attached hydrogen (secondary N) is 1. The molecule has 18 heavy (non-hydrogen) atoms. The predicted molar refractivity (Wildman–Crippen MR) is 78.8 cm³/mol. The van der Waals surface area contributed by atoms with E-state index in [1.54, 1.807) is 0 Å². The molecule has 0 aromatic heterocycles. The summed E-state index contributed by atoms with van der Waals surface area (Å²) in [5.41, 5.74) is 0. The van der Waals surface area contributed by atoms with E-state index in [9.17, 15) is 4.79 Å². The van der Waals surface area contributed by atoms with Gasteiger partial charge in [0.05, 0.1) is 0 Å². The number of likely N-dealkylation sites (tertiary alicyclic amines) is 1. The van der Waals surface area contributed by atoms with Crippen LogP contribution in [0.25, 0.3) is 0 Å². The van der Waals surface area contributed by atoms with Gasteiger partial charge in [0.2, 0.25) is 5.91 Å². The Morgan fingerprint density at radius 1 is 1.17 bits per heavy atom. The van der Waals surface area contributed by atoms with Crippen LogP contribution in [0.5, 0.6) is 0 Å². The summed E-state index contributed by atoms with van der Waals surface area (Å²) in [5, 5.41) is 3.37. The lowest BCUT2D eigenvalue weighted by Crippen LogP contribution is -2.53. The van der Waals surface area contributed by atoms with Crippen molar-refractivity contribution in [2.24, 2.45) is 5.92 Å². The lowest BCUT2D eigenvalue weighted by molar-refractivity contribution is -0.138. The normalized spacial score (nSPS) is 26.1. The van der Waals surface area contributed by atoms with Gasteiger partial charge in [-0.25, -0.2) is 0 Å². The Bertz CT molecular complexity index is 258. The zero-order valence-corrected chi connectivity index (χ0v) is 12.9. The van der Waals surface area contributed by atoms with Crippen molar-refractivity contribution in [3.05, 3.63) is 0 Å². The lowest BCUT2D eigenvalue weighted by Gasteiger charge is -2.36. The molecule has 2 fully saturated rings. The second-order valence-corrected chi connectivity index (χ2v) is 5.22. The van der Waals surface area contributed by atoms with Crippen LogP contribution in [0.1, 0.15) is 19.8 Å². The zero-order chi connectivity index (χ0) is 11.5. The third-order valence-electron chi connectivity index (χ3n) is 3.75. The van der Waals surface area contributed by atoms with E-state index in [4.69, 9.17) is 0 Å². The van der Waals surface area contributed by atoms with Crippen LogP contribution in [-0.4, -0.2) is 61.5 Å². The molecule has 1 unspecified atom stereocenters. The van der Waals surface area contributed by atoms with Gasteiger partial charge in [0.1, 0.15) is 0 Å². The summed E-state index contributed by atoms with van der Waals surface area (Å²) >= 11 is 0. The quantitative estimate of drug-likeness (QED) is 0.784. The molecule has 2 aliphatic heterocycles. The van der Waals surface area contributed by atoms with Crippen molar-refractivity contribution in [2.75, 3.05) is 39.8 Å². The number of piperidine rings is 1. The van der Waals surface area contributed by atoms with Crippen LogP contribution in [0.4, 0.5) is 0 Å². The number of rotatable bonds is 1. The van der Waals surface area contributed by atoms with E-state index < -0.39 is 0 Å². The molecule has 2 saturated heterocycles. The molecule has 0 bridgehead atoms. The molecule has 1 atom stereocenters. The summed E-state index contributed by atoms with van der Waals surface area (Å²) in [7, 11) is 2.13. The van der Waals surface area contributed by atoms with Crippen LogP contribution >= 0.6 is 24.8 Å². The van der Waals surface area contributed by atoms with Crippen LogP contribution in [0.15, 0.2) is 0 Å². The molecule has 0 aliphatic carbocycles. The summed E-state index contributed by atoms with van der Waals surface area (Å²) in [6.45, 7) is 6.99. The van der Waals surface area contributed by atoms with Crippen LogP contribution in [0.3, 0.4) is 0 Å². The average Bonchev–Trinajstić information content (AvgIpc) is 2.29. The highest BCUT2D eigenvalue weighted by Crippen LogP contribution is 2.19. The van der Waals surface area contributed by atoms with Gasteiger partial charge in [-0.15, -0.1) is 24.8 Å². The Morgan fingerprint density at radius 2 is 1.78 bits per heavy atom. The fraction of sp³-hybridized carbons (Fsp3) is 0.917. The van der Waals surface area contributed by atoms with E-state index in [-0.39, 0.29) is 30.7 Å². The maximum Gasteiger partial charge on any atom is 0.225 e. The lowest BCUT2D eigenvalue weighted by atomic mass is 9.95. The van der Waals surface area contributed by atoms with E-state index in [1.165, 1.54) is 0 Å². The third kappa shape index (κ3) is 4.57. The Balaban J connectivity index is 0.00000144. The molecule has 108 valence electrons. The van der Waals surface area contributed by atoms with Crippen LogP contribution in [0, 0.1) is 5.92 Å². The largest absolute Gasteiger partial charge is 0.340 e. The number of carbonyl (C=O) groups is 1. The molecule has 1 amide bonds. The van der Waals surface area contributed by atoms with E-state index in [1.807, 2.05) is 0 Å². The maximum atomic E-state index is 12.3. The maximum absolute atomic E-state index is 12.3. The summed E-state index contributed by atoms with van der Waals surface area (Å²) < 4.78 is 0. The highest BCUT2D eigenvalue weighted by molar-refractivity contribution is 5.85. The number of amides is 1. The number of halogens is 2. The van der Waals surface area contributed by atoms with Crippen molar-refractivity contribution in [2.45, 2.75) is 25.8 Å². The van der Waals surface area contributed by atoms with Gasteiger partial charge in [0, 0.05) is 31.6 Å². The van der Waals surface area contributed by atoms with Gasteiger partial charge in [-0.3, -0.25) is 4.79 Å². The average molecular weight is 298 g/mol. The molecule has 0 spiro atoms. The van der Waals surface area contributed by atoms with Gasteiger partial charge in [-0.1, -0.05) is 0 Å². The molecule has 2 rings (SSSR count). The smallest absolute Gasteiger partial charge is 0.225 e. The minimum absolute atomic E-state index is 0. The minimum atomic E-state index is 0. The monoisotopic (exact) mass is 297 g/mol. The van der Waals surface area contributed by atoms with Crippen molar-refractivity contribution in [3.8, 4) is 0 Å². The standard InChI is InChI=1S/C12H23N3O.2ClH/c1-10-9-15(8-5-13-10)12(16)11-3-6-14(2)7-4-11;;/h10-11,13H,3-9H2,1-2H3;2*1H. The van der Waals surface area contributed by atoms with E-state index in [2.05, 4.69) is 29.1 Å². The summed E-state index contributed by atoms with van der Waals surface area (Å²) in [6, 6.07) is 0.448. The predicted octanol–water partition coefficient (Wildman–Crippen LogP) is 0.992. The fourth-order valence-corrected chi connectivity index (χ4v) is 2.65. The molecule has 2 aliphatic rings. The molecule has 1 N–H and O–H groups in total. The van der Waals surface area contributed by atoms with Gasteiger partial charge in [0.25, 0.3) is 0 Å². The molecular formula is C12H25Cl2N3O. The molecule has 2 heterocycles. The number of carbonyl (C=O) groups excluding carboxylic acids is 1. The Labute approximate surface area is 122 Å². The van der Waals surface area contributed by atoms with Gasteiger partial charge >= 0.3 is 0 Å². The topological polar surface area (TPSA) is 35.6 Å². The Morgan fingerprint density at radius 3 is 2.33 bits per heavy atom. The second kappa shape index (κ2) is 8.20. The van der Waals surface area contributed by atoms with Crippen molar-refractivity contribution in [1.82, 2.24) is 15.1 Å². The summed E-state index contributed by atoms with van der Waals surface area (Å²) in [6.07, 6.45) is 2.07. The van der Waals surface area contributed by atoms with Gasteiger partial charge in [-0.2, -0.15) is 0 Å². The first-order valence-electron chi connectivity index (χ1n) is 6.37. The molecule has 4 nitrogen and oxygen atoms in total. The van der Waals surface area contributed by atoms with Crippen molar-refractivity contribution < 1.29 is 4.79 Å². The van der Waals surface area contributed by atoms with Crippen molar-refractivity contribution in [3.63, 3.8) is 0 Å².